The van der Waals surface area contributed by atoms with Crippen LogP contribution in [0.4, 0.5) is 0 Å². The van der Waals surface area contributed by atoms with Crippen LogP contribution >= 0.6 is 0 Å². The second-order valence-corrected chi connectivity index (χ2v) is 2.76. The molecule has 10 heavy (non-hydrogen) atoms. The maximum Gasteiger partial charge on any atom is 0.0572 e. The third-order valence-electron chi connectivity index (χ3n) is 1.92. The molecular weight excluding hydrogens is 128 g/mol. The minimum atomic E-state index is 0.758. The molecule has 1 saturated heterocycles. The average molecular weight is 144 g/mol. The lowest BCUT2D eigenvalue weighted by Crippen LogP contribution is -2.35. The van der Waals surface area contributed by atoms with Gasteiger partial charge in [0.05, 0.1) is 7.11 Å². The summed E-state index contributed by atoms with van der Waals surface area (Å²) >= 11 is 0. The van der Waals surface area contributed by atoms with E-state index in [9.17, 15) is 0 Å². The smallest absolute Gasteiger partial charge is 0.0572 e. The van der Waals surface area contributed by atoms with Crippen LogP contribution in [0.25, 0.3) is 0 Å². The summed E-state index contributed by atoms with van der Waals surface area (Å²) in [4.78, 5) is 4.77. The summed E-state index contributed by atoms with van der Waals surface area (Å²) in [7, 11) is 1.66. The molecule has 1 atom stereocenters. The molecule has 0 spiro atoms. The van der Waals surface area contributed by atoms with Crippen LogP contribution in [0, 0.1) is 5.92 Å². The molecule has 0 bridgehead atoms. The van der Waals surface area contributed by atoms with Crippen LogP contribution in [0.3, 0.4) is 0 Å². The molecule has 1 aliphatic heterocycles. The number of hydrogen-bond acceptors (Lipinski definition) is 3. The number of hydrogen-bond donors (Lipinski definition) is 2. The molecular formula is C7H16N2O. The molecule has 3 nitrogen and oxygen atoms in total. The molecule has 1 rings (SSSR count). The van der Waals surface area contributed by atoms with Crippen molar-refractivity contribution in [1.82, 2.24) is 10.8 Å². The van der Waals surface area contributed by atoms with Crippen molar-refractivity contribution >= 4 is 0 Å². The van der Waals surface area contributed by atoms with Gasteiger partial charge in [-0.25, -0.2) is 5.48 Å². The predicted molar refractivity (Wildman–Crippen MR) is 40.6 cm³/mol. The minimum Gasteiger partial charge on any atom is -0.316 e. The summed E-state index contributed by atoms with van der Waals surface area (Å²) in [5.41, 5.74) is 2.88. The Hall–Kier alpha value is -0.120. The molecule has 0 aromatic rings. The Labute approximate surface area is 62.1 Å². The van der Waals surface area contributed by atoms with Crippen LogP contribution < -0.4 is 10.8 Å². The highest BCUT2D eigenvalue weighted by Crippen LogP contribution is 2.07. The van der Waals surface area contributed by atoms with Gasteiger partial charge in [-0.05, 0) is 31.8 Å². The standard InChI is InChI=1S/C7H16N2O/c1-10-9-6-7-3-2-4-8-5-7/h7-9H,2-6H2,1H3. The Bertz CT molecular complexity index is 81.7. The maximum atomic E-state index is 4.77. The van der Waals surface area contributed by atoms with Crippen LogP contribution in [0.2, 0.25) is 0 Å². The largest absolute Gasteiger partial charge is 0.316 e. The summed E-state index contributed by atoms with van der Waals surface area (Å²) in [6.45, 7) is 3.29. The van der Waals surface area contributed by atoms with Crippen molar-refractivity contribution in [2.24, 2.45) is 5.92 Å². The monoisotopic (exact) mass is 144 g/mol. The summed E-state index contributed by atoms with van der Waals surface area (Å²) in [5.74, 6) is 0.758. The van der Waals surface area contributed by atoms with E-state index in [1.165, 1.54) is 19.4 Å². The lowest BCUT2D eigenvalue weighted by Gasteiger charge is -2.22. The Kier molecular flexibility index (Phi) is 3.72. The zero-order valence-electron chi connectivity index (χ0n) is 6.52. The molecule has 2 N–H and O–H groups in total. The van der Waals surface area contributed by atoms with Gasteiger partial charge in [-0.15, -0.1) is 0 Å². The zero-order valence-corrected chi connectivity index (χ0v) is 6.52. The van der Waals surface area contributed by atoms with Gasteiger partial charge in [0, 0.05) is 6.54 Å². The first-order valence-corrected chi connectivity index (χ1v) is 3.90. The zero-order chi connectivity index (χ0) is 7.23. The highest BCUT2D eigenvalue weighted by molar-refractivity contribution is 4.69. The first kappa shape index (κ1) is 7.98. The van der Waals surface area contributed by atoms with E-state index in [-0.39, 0.29) is 0 Å². The molecule has 1 heterocycles. The van der Waals surface area contributed by atoms with Crippen LogP contribution in [0.5, 0.6) is 0 Å². The van der Waals surface area contributed by atoms with Gasteiger partial charge in [0.2, 0.25) is 0 Å². The van der Waals surface area contributed by atoms with Crippen LogP contribution in [-0.4, -0.2) is 26.7 Å². The van der Waals surface area contributed by atoms with Crippen molar-refractivity contribution in [3.63, 3.8) is 0 Å². The quantitative estimate of drug-likeness (QED) is 0.553. The summed E-state index contributed by atoms with van der Waals surface area (Å²) in [6, 6.07) is 0. The van der Waals surface area contributed by atoms with Gasteiger partial charge in [0.1, 0.15) is 0 Å². The fourth-order valence-electron chi connectivity index (χ4n) is 1.30. The SMILES string of the molecule is CONCC1CCCNC1. The third-order valence-corrected chi connectivity index (χ3v) is 1.92. The molecule has 0 aromatic carbocycles. The lowest BCUT2D eigenvalue weighted by atomic mass is 10.0. The number of hydroxylamine groups is 1. The molecule has 1 unspecified atom stereocenters. The average Bonchev–Trinajstić information content (AvgIpc) is 2.03. The second-order valence-electron chi connectivity index (χ2n) is 2.76. The highest BCUT2D eigenvalue weighted by Gasteiger charge is 2.11. The first-order valence-electron chi connectivity index (χ1n) is 3.90. The van der Waals surface area contributed by atoms with Crippen molar-refractivity contribution in [2.45, 2.75) is 12.8 Å². The molecule has 0 amide bonds. The van der Waals surface area contributed by atoms with E-state index in [2.05, 4.69) is 10.8 Å². The van der Waals surface area contributed by atoms with Crippen molar-refractivity contribution < 1.29 is 4.84 Å². The van der Waals surface area contributed by atoms with Crippen molar-refractivity contribution in [3.8, 4) is 0 Å². The van der Waals surface area contributed by atoms with E-state index < -0.39 is 0 Å². The predicted octanol–water partition coefficient (Wildman–Crippen LogP) is 0.137. The van der Waals surface area contributed by atoms with Crippen LogP contribution in [0.1, 0.15) is 12.8 Å². The third kappa shape index (κ3) is 2.64. The van der Waals surface area contributed by atoms with Gasteiger partial charge in [0.25, 0.3) is 0 Å². The van der Waals surface area contributed by atoms with Crippen molar-refractivity contribution in [1.29, 1.82) is 0 Å². The Morgan fingerprint density at radius 2 is 2.60 bits per heavy atom. The van der Waals surface area contributed by atoms with Gasteiger partial charge >= 0.3 is 0 Å². The van der Waals surface area contributed by atoms with E-state index in [4.69, 9.17) is 4.84 Å². The lowest BCUT2D eigenvalue weighted by molar-refractivity contribution is 0.0762. The second kappa shape index (κ2) is 4.66. The Morgan fingerprint density at radius 1 is 1.70 bits per heavy atom. The van der Waals surface area contributed by atoms with Crippen molar-refractivity contribution in [2.75, 3.05) is 26.7 Å². The van der Waals surface area contributed by atoms with Crippen LogP contribution in [0.15, 0.2) is 0 Å². The molecule has 1 aliphatic rings. The summed E-state index contributed by atoms with van der Waals surface area (Å²) < 4.78 is 0. The molecule has 0 aliphatic carbocycles. The Balaban J connectivity index is 2.02. The highest BCUT2D eigenvalue weighted by atomic mass is 16.6. The van der Waals surface area contributed by atoms with E-state index in [0.717, 1.165) is 19.0 Å². The van der Waals surface area contributed by atoms with Crippen molar-refractivity contribution in [3.05, 3.63) is 0 Å². The minimum absolute atomic E-state index is 0.758. The molecule has 0 saturated carbocycles. The van der Waals surface area contributed by atoms with Crippen LogP contribution in [-0.2, 0) is 4.84 Å². The van der Waals surface area contributed by atoms with E-state index in [1.807, 2.05) is 0 Å². The fraction of sp³-hybridized carbons (Fsp3) is 1.00. The summed E-state index contributed by atoms with van der Waals surface area (Å²) in [5, 5.41) is 3.35. The topological polar surface area (TPSA) is 33.3 Å². The number of nitrogens with one attached hydrogen (secondary N) is 2. The molecule has 3 heteroatoms. The fourth-order valence-corrected chi connectivity index (χ4v) is 1.30. The summed E-state index contributed by atoms with van der Waals surface area (Å²) in [6.07, 6.45) is 2.62. The van der Waals surface area contributed by atoms with Gasteiger partial charge in [-0.1, -0.05) is 0 Å². The number of piperidine rings is 1. The Morgan fingerprint density at radius 3 is 3.20 bits per heavy atom. The van der Waals surface area contributed by atoms with E-state index >= 15 is 0 Å². The molecule has 0 aromatic heterocycles. The van der Waals surface area contributed by atoms with Gasteiger partial charge in [-0.2, -0.15) is 0 Å². The van der Waals surface area contributed by atoms with Gasteiger partial charge in [0.15, 0.2) is 0 Å². The number of rotatable bonds is 3. The van der Waals surface area contributed by atoms with E-state index in [0.29, 0.717) is 0 Å². The first-order chi connectivity index (χ1) is 4.93. The van der Waals surface area contributed by atoms with E-state index in [1.54, 1.807) is 7.11 Å². The maximum absolute atomic E-state index is 4.77. The molecule has 0 radical (unpaired) electrons. The molecule has 1 fully saturated rings. The van der Waals surface area contributed by atoms with Gasteiger partial charge < -0.3 is 10.2 Å². The molecule has 60 valence electrons. The van der Waals surface area contributed by atoms with Gasteiger partial charge in [-0.3, -0.25) is 0 Å². The normalized spacial score (nSPS) is 26.7.